The van der Waals surface area contributed by atoms with Gasteiger partial charge < -0.3 is 5.32 Å². The van der Waals surface area contributed by atoms with Crippen LogP contribution in [0.4, 0.5) is 11.4 Å². The van der Waals surface area contributed by atoms with Gasteiger partial charge in [-0.3, -0.25) is 9.10 Å². The average molecular weight is 480 g/mol. The first-order valence-corrected chi connectivity index (χ1v) is 13.9. The van der Waals surface area contributed by atoms with Crippen LogP contribution < -0.4 is 9.62 Å². The number of carbonyl (C=O) groups is 1. The molecule has 1 unspecified atom stereocenters. The highest BCUT2D eigenvalue weighted by Crippen LogP contribution is 2.24. The number of benzene rings is 2. The lowest BCUT2D eigenvalue weighted by Crippen LogP contribution is -2.46. The Kier molecular flexibility index (Phi) is 7.58. The molecule has 0 spiro atoms. The largest absolute Gasteiger partial charge is 0.324 e. The number of nitrogens with zero attached hydrogens (tertiary/aromatic N) is 2. The molecular formula is C22H29N3O5S2. The molecule has 1 atom stereocenters. The van der Waals surface area contributed by atoms with E-state index in [4.69, 9.17) is 0 Å². The van der Waals surface area contributed by atoms with Gasteiger partial charge in [0.05, 0.1) is 16.8 Å². The summed E-state index contributed by atoms with van der Waals surface area (Å²) in [5.74, 6) is -0.492. The van der Waals surface area contributed by atoms with Gasteiger partial charge in [0, 0.05) is 18.8 Å². The summed E-state index contributed by atoms with van der Waals surface area (Å²) in [5.41, 5.74) is 0.799. The van der Waals surface area contributed by atoms with Gasteiger partial charge >= 0.3 is 0 Å². The van der Waals surface area contributed by atoms with Gasteiger partial charge in [-0.15, -0.1) is 0 Å². The Balaban J connectivity index is 1.79. The predicted octanol–water partition coefficient (Wildman–Crippen LogP) is 3.04. The van der Waals surface area contributed by atoms with Crippen molar-refractivity contribution >= 4 is 37.3 Å². The van der Waals surface area contributed by atoms with Crippen molar-refractivity contribution in [3.05, 3.63) is 54.6 Å². The number of sulfonamides is 2. The molecule has 2 aromatic rings. The summed E-state index contributed by atoms with van der Waals surface area (Å²) < 4.78 is 53.1. The number of carbonyl (C=O) groups excluding carboxylic acids is 1. The molecule has 32 heavy (non-hydrogen) atoms. The number of nitrogens with one attached hydrogen (secondary N) is 1. The van der Waals surface area contributed by atoms with E-state index >= 15 is 0 Å². The first-order chi connectivity index (χ1) is 15.1. The summed E-state index contributed by atoms with van der Waals surface area (Å²) in [5, 5.41) is 2.72. The average Bonchev–Trinajstić information content (AvgIpc) is 2.78. The lowest BCUT2D eigenvalue weighted by Gasteiger charge is -2.30. The Labute approximate surface area is 190 Å². The van der Waals surface area contributed by atoms with Crippen LogP contribution in [0.15, 0.2) is 59.5 Å². The van der Waals surface area contributed by atoms with Crippen molar-refractivity contribution in [2.75, 3.05) is 29.0 Å². The van der Waals surface area contributed by atoms with E-state index in [-0.39, 0.29) is 11.3 Å². The molecular weight excluding hydrogens is 450 g/mol. The summed E-state index contributed by atoms with van der Waals surface area (Å²) in [6, 6.07) is 13.5. The number of hydrogen-bond donors (Lipinski definition) is 1. The van der Waals surface area contributed by atoms with Gasteiger partial charge in [-0.05, 0) is 55.7 Å². The maximum Gasteiger partial charge on any atom is 0.248 e. The van der Waals surface area contributed by atoms with Crippen LogP contribution in [0, 0.1) is 0 Å². The molecule has 1 N–H and O–H groups in total. The number of anilines is 2. The monoisotopic (exact) mass is 479 g/mol. The van der Waals surface area contributed by atoms with Crippen molar-refractivity contribution in [2.24, 2.45) is 0 Å². The molecule has 0 aliphatic carbocycles. The number of amides is 1. The molecule has 1 aliphatic heterocycles. The number of hydrogen-bond acceptors (Lipinski definition) is 5. The molecule has 0 saturated carbocycles. The maximum absolute atomic E-state index is 13.0. The minimum absolute atomic E-state index is 0.173. The summed E-state index contributed by atoms with van der Waals surface area (Å²) in [4.78, 5) is 13.2. The Bertz CT molecular complexity index is 1130. The van der Waals surface area contributed by atoms with Crippen molar-refractivity contribution in [3.8, 4) is 0 Å². The molecule has 1 aliphatic rings. The van der Waals surface area contributed by atoms with Crippen LogP contribution in [-0.4, -0.2) is 52.4 Å². The highest BCUT2D eigenvalue weighted by Gasteiger charge is 2.31. The van der Waals surface area contributed by atoms with E-state index in [0.717, 1.165) is 29.8 Å². The van der Waals surface area contributed by atoms with E-state index in [1.807, 2.05) is 0 Å². The van der Waals surface area contributed by atoms with Crippen LogP contribution in [0.25, 0.3) is 0 Å². The Morgan fingerprint density at radius 2 is 1.56 bits per heavy atom. The van der Waals surface area contributed by atoms with Crippen LogP contribution in [0.5, 0.6) is 0 Å². The molecule has 1 amide bonds. The quantitative estimate of drug-likeness (QED) is 0.627. The minimum Gasteiger partial charge on any atom is -0.324 e. The minimum atomic E-state index is -3.72. The zero-order valence-electron chi connectivity index (χ0n) is 18.3. The normalized spacial score (nSPS) is 16.3. The topological polar surface area (TPSA) is 104 Å². The first kappa shape index (κ1) is 24.2. The zero-order valence-corrected chi connectivity index (χ0v) is 19.9. The van der Waals surface area contributed by atoms with Crippen molar-refractivity contribution < 1.29 is 21.6 Å². The fraction of sp³-hybridized carbons (Fsp3) is 0.409. The standard InChI is InChI=1S/C22H29N3O5S2/c1-3-21(25(31(2,27)28)19-10-6-4-7-11-19)22(26)23-18-12-14-20(15-13-18)32(29,30)24-16-8-5-9-17-24/h4,6-7,10-15,21H,3,5,8-9,16-17H2,1-2H3,(H,23,26). The van der Waals surface area contributed by atoms with Crippen molar-refractivity contribution in [2.45, 2.75) is 43.5 Å². The molecule has 10 heteroatoms. The molecule has 1 heterocycles. The number of rotatable bonds is 8. The van der Waals surface area contributed by atoms with E-state index in [2.05, 4.69) is 5.32 Å². The second kappa shape index (κ2) is 10.0. The highest BCUT2D eigenvalue weighted by molar-refractivity contribution is 7.92. The van der Waals surface area contributed by atoms with Crippen LogP contribution in [-0.2, 0) is 24.8 Å². The Morgan fingerprint density at radius 3 is 2.09 bits per heavy atom. The molecule has 2 aromatic carbocycles. The predicted molar refractivity (Wildman–Crippen MR) is 126 cm³/mol. The molecule has 8 nitrogen and oxygen atoms in total. The van der Waals surface area contributed by atoms with Crippen molar-refractivity contribution in [1.82, 2.24) is 4.31 Å². The van der Waals surface area contributed by atoms with E-state index in [9.17, 15) is 21.6 Å². The number of piperidine rings is 1. The van der Waals surface area contributed by atoms with Gasteiger partial charge in [-0.25, -0.2) is 16.8 Å². The third-order valence-corrected chi connectivity index (χ3v) is 8.51. The zero-order chi connectivity index (χ0) is 23.4. The lowest BCUT2D eigenvalue weighted by molar-refractivity contribution is -0.117. The molecule has 0 bridgehead atoms. The second-order valence-corrected chi connectivity index (χ2v) is 11.6. The van der Waals surface area contributed by atoms with Gasteiger partial charge in [0.25, 0.3) is 0 Å². The number of para-hydroxylation sites is 1. The van der Waals surface area contributed by atoms with E-state index < -0.39 is 32.0 Å². The van der Waals surface area contributed by atoms with Crippen molar-refractivity contribution in [1.29, 1.82) is 0 Å². The third-order valence-electron chi connectivity index (χ3n) is 5.42. The van der Waals surface area contributed by atoms with Gasteiger partial charge in [-0.2, -0.15) is 4.31 Å². The van der Waals surface area contributed by atoms with Crippen LogP contribution in [0.3, 0.4) is 0 Å². The summed E-state index contributed by atoms with van der Waals surface area (Å²) in [6.07, 6.45) is 4.06. The SMILES string of the molecule is CCC(C(=O)Nc1ccc(S(=O)(=O)N2CCCCC2)cc1)N(c1ccccc1)S(C)(=O)=O. The fourth-order valence-corrected chi connectivity index (χ4v) is 6.55. The summed E-state index contributed by atoms with van der Waals surface area (Å²) in [7, 11) is -7.28. The first-order valence-electron chi connectivity index (χ1n) is 10.6. The van der Waals surface area contributed by atoms with Crippen LogP contribution >= 0.6 is 0 Å². The smallest absolute Gasteiger partial charge is 0.248 e. The molecule has 3 rings (SSSR count). The summed E-state index contributed by atoms with van der Waals surface area (Å²) >= 11 is 0. The highest BCUT2D eigenvalue weighted by atomic mass is 32.2. The lowest BCUT2D eigenvalue weighted by atomic mass is 10.2. The van der Waals surface area contributed by atoms with Crippen LogP contribution in [0.1, 0.15) is 32.6 Å². The molecule has 0 aromatic heterocycles. The van der Waals surface area contributed by atoms with Gasteiger partial charge in [0.15, 0.2) is 0 Å². The second-order valence-electron chi connectivity index (χ2n) is 7.80. The van der Waals surface area contributed by atoms with E-state index in [1.165, 1.54) is 28.6 Å². The third kappa shape index (κ3) is 5.48. The fourth-order valence-electron chi connectivity index (χ4n) is 3.83. The Morgan fingerprint density at radius 1 is 0.969 bits per heavy atom. The Hall–Kier alpha value is -2.43. The summed E-state index contributed by atoms with van der Waals surface area (Å²) in [6.45, 7) is 2.76. The van der Waals surface area contributed by atoms with E-state index in [0.29, 0.717) is 24.5 Å². The molecule has 0 radical (unpaired) electrons. The molecule has 1 saturated heterocycles. The van der Waals surface area contributed by atoms with Crippen molar-refractivity contribution in [3.63, 3.8) is 0 Å². The van der Waals surface area contributed by atoms with Crippen LogP contribution in [0.2, 0.25) is 0 Å². The van der Waals surface area contributed by atoms with Gasteiger partial charge in [0.2, 0.25) is 26.0 Å². The van der Waals surface area contributed by atoms with Gasteiger partial charge in [0.1, 0.15) is 6.04 Å². The van der Waals surface area contributed by atoms with E-state index in [1.54, 1.807) is 37.3 Å². The van der Waals surface area contributed by atoms with Gasteiger partial charge in [-0.1, -0.05) is 31.5 Å². The maximum atomic E-state index is 13.0. The molecule has 174 valence electrons. The molecule has 1 fully saturated rings.